The highest BCUT2D eigenvalue weighted by atomic mass is 16.3. The number of nitrogens with zero attached hydrogens (tertiary/aromatic N) is 1. The van der Waals surface area contributed by atoms with Crippen molar-refractivity contribution in [2.75, 3.05) is 0 Å². The van der Waals surface area contributed by atoms with Crippen molar-refractivity contribution in [3.63, 3.8) is 0 Å². The number of aromatic amines is 1. The number of benzene rings is 2. The molecule has 0 radical (unpaired) electrons. The quantitative estimate of drug-likeness (QED) is 0.553. The Kier molecular flexibility index (Phi) is 4.51. The highest BCUT2D eigenvalue weighted by Crippen LogP contribution is 2.21. The number of carbonyl (C=O) groups is 1. The summed E-state index contributed by atoms with van der Waals surface area (Å²) in [4.78, 5) is 20.0. The van der Waals surface area contributed by atoms with Crippen LogP contribution in [-0.2, 0) is 17.8 Å². The number of fused-ring (bicyclic) bond motifs is 1. The minimum atomic E-state index is 0.0103. The number of furan rings is 1. The number of aromatic nitrogens is 2. The number of H-pyrrole nitrogens is 1. The van der Waals surface area contributed by atoms with Crippen LogP contribution in [0.3, 0.4) is 0 Å². The van der Waals surface area contributed by atoms with E-state index in [1.807, 2.05) is 54.6 Å². The molecule has 26 heavy (non-hydrogen) atoms. The summed E-state index contributed by atoms with van der Waals surface area (Å²) < 4.78 is 5.21. The van der Waals surface area contributed by atoms with E-state index in [1.165, 1.54) is 0 Å². The lowest BCUT2D eigenvalue weighted by molar-refractivity contribution is -0.121. The molecule has 5 heteroatoms. The van der Waals surface area contributed by atoms with E-state index < -0.39 is 0 Å². The van der Waals surface area contributed by atoms with Crippen molar-refractivity contribution in [2.24, 2.45) is 0 Å². The molecule has 0 spiro atoms. The number of amides is 1. The van der Waals surface area contributed by atoms with Gasteiger partial charge in [0.1, 0.15) is 11.6 Å². The molecule has 0 atom stereocenters. The zero-order chi connectivity index (χ0) is 17.8. The second-order valence-corrected chi connectivity index (χ2v) is 6.16. The normalized spacial score (nSPS) is 10.9. The fraction of sp³-hybridized carbons (Fsp3) is 0.143. The molecule has 1 amide bonds. The third-order valence-corrected chi connectivity index (χ3v) is 4.27. The molecular weight excluding hydrogens is 326 g/mol. The van der Waals surface area contributed by atoms with Gasteiger partial charge in [0.05, 0.1) is 23.8 Å². The predicted molar refractivity (Wildman–Crippen MR) is 100 cm³/mol. The summed E-state index contributed by atoms with van der Waals surface area (Å²) in [5, 5.41) is 2.87. The van der Waals surface area contributed by atoms with Crippen LogP contribution in [0.5, 0.6) is 0 Å². The third kappa shape index (κ3) is 3.67. The molecule has 0 aliphatic heterocycles. The van der Waals surface area contributed by atoms with E-state index in [9.17, 15) is 4.79 Å². The van der Waals surface area contributed by atoms with E-state index in [4.69, 9.17) is 4.42 Å². The van der Waals surface area contributed by atoms with Crippen LogP contribution in [0.15, 0.2) is 71.3 Å². The highest BCUT2D eigenvalue weighted by Gasteiger charge is 2.07. The number of nitrogens with one attached hydrogen (secondary N) is 2. The van der Waals surface area contributed by atoms with E-state index >= 15 is 0 Å². The first-order valence-corrected chi connectivity index (χ1v) is 8.61. The standard InChI is InChI=1S/C21H19N3O2/c25-20(22-14-17-7-4-12-26-17)11-9-15-8-10-18-19(13-15)24-21(23-18)16-5-2-1-3-6-16/h1-8,10,12-13H,9,11,14H2,(H,22,25)(H,23,24). The van der Waals surface area contributed by atoms with Crippen molar-refractivity contribution < 1.29 is 9.21 Å². The van der Waals surface area contributed by atoms with E-state index in [0.717, 1.165) is 33.7 Å². The minimum absolute atomic E-state index is 0.0103. The fourth-order valence-electron chi connectivity index (χ4n) is 2.89. The maximum absolute atomic E-state index is 12.0. The molecule has 2 heterocycles. The van der Waals surface area contributed by atoms with Crippen molar-refractivity contribution in [1.29, 1.82) is 0 Å². The van der Waals surface area contributed by atoms with Crippen molar-refractivity contribution in [3.8, 4) is 11.4 Å². The van der Waals surface area contributed by atoms with Crippen LogP contribution in [0, 0.1) is 0 Å². The van der Waals surface area contributed by atoms with Gasteiger partial charge in [-0.05, 0) is 36.2 Å². The summed E-state index contributed by atoms with van der Waals surface area (Å²) in [6.07, 6.45) is 2.72. The molecule has 4 rings (SSSR count). The summed E-state index contributed by atoms with van der Waals surface area (Å²) in [5.41, 5.74) is 4.07. The first-order valence-electron chi connectivity index (χ1n) is 8.61. The minimum Gasteiger partial charge on any atom is -0.467 e. The third-order valence-electron chi connectivity index (χ3n) is 4.27. The van der Waals surface area contributed by atoms with Crippen molar-refractivity contribution in [1.82, 2.24) is 15.3 Å². The molecule has 2 aromatic carbocycles. The Hall–Kier alpha value is -3.34. The van der Waals surface area contributed by atoms with Gasteiger partial charge in [0.15, 0.2) is 0 Å². The molecular formula is C21H19N3O2. The lowest BCUT2D eigenvalue weighted by Crippen LogP contribution is -2.22. The summed E-state index contributed by atoms with van der Waals surface area (Å²) in [6.45, 7) is 0.422. The molecule has 0 bridgehead atoms. The summed E-state index contributed by atoms with van der Waals surface area (Å²) in [6, 6.07) is 19.8. The van der Waals surface area contributed by atoms with Crippen LogP contribution >= 0.6 is 0 Å². The van der Waals surface area contributed by atoms with Crippen molar-refractivity contribution in [3.05, 3.63) is 78.3 Å². The van der Waals surface area contributed by atoms with Crippen LogP contribution in [0.1, 0.15) is 17.7 Å². The smallest absolute Gasteiger partial charge is 0.220 e. The number of aryl methyl sites for hydroxylation is 1. The SMILES string of the molecule is O=C(CCc1ccc2nc(-c3ccccc3)[nH]c2c1)NCc1ccco1. The average molecular weight is 345 g/mol. The topological polar surface area (TPSA) is 70.9 Å². The molecule has 0 saturated heterocycles. The van der Waals surface area contributed by atoms with Crippen LogP contribution < -0.4 is 5.32 Å². The number of rotatable bonds is 6. The van der Waals surface area contributed by atoms with E-state index in [0.29, 0.717) is 19.4 Å². The summed E-state index contributed by atoms with van der Waals surface area (Å²) in [7, 11) is 0. The highest BCUT2D eigenvalue weighted by molar-refractivity contribution is 5.80. The van der Waals surface area contributed by atoms with Gasteiger partial charge >= 0.3 is 0 Å². The van der Waals surface area contributed by atoms with Crippen LogP contribution in [0.25, 0.3) is 22.4 Å². The largest absolute Gasteiger partial charge is 0.467 e. The fourth-order valence-corrected chi connectivity index (χ4v) is 2.89. The average Bonchev–Trinajstić information content (AvgIpc) is 3.34. The van der Waals surface area contributed by atoms with Gasteiger partial charge < -0.3 is 14.7 Å². The van der Waals surface area contributed by atoms with Crippen molar-refractivity contribution in [2.45, 2.75) is 19.4 Å². The van der Waals surface area contributed by atoms with Gasteiger partial charge in [-0.25, -0.2) is 4.98 Å². The first-order chi connectivity index (χ1) is 12.8. The molecule has 0 saturated carbocycles. The van der Waals surface area contributed by atoms with Gasteiger partial charge in [-0.1, -0.05) is 36.4 Å². The number of imidazole rings is 1. The maximum Gasteiger partial charge on any atom is 0.220 e. The van der Waals surface area contributed by atoms with Gasteiger partial charge in [0.2, 0.25) is 5.91 Å². The number of hydrogen-bond acceptors (Lipinski definition) is 3. The predicted octanol–water partition coefficient (Wildman–Crippen LogP) is 4.07. The van der Waals surface area contributed by atoms with Crippen molar-refractivity contribution >= 4 is 16.9 Å². The number of carbonyl (C=O) groups excluding carboxylic acids is 1. The molecule has 5 nitrogen and oxygen atoms in total. The molecule has 0 aliphatic rings. The van der Waals surface area contributed by atoms with E-state index in [1.54, 1.807) is 6.26 Å². The Morgan fingerprint density at radius 2 is 1.96 bits per heavy atom. The van der Waals surface area contributed by atoms with Gasteiger partial charge in [-0.3, -0.25) is 4.79 Å². The maximum atomic E-state index is 12.0. The monoisotopic (exact) mass is 345 g/mol. The number of hydrogen-bond donors (Lipinski definition) is 2. The summed E-state index contributed by atoms with van der Waals surface area (Å²) in [5.74, 6) is 1.62. The Bertz CT molecular complexity index is 1000. The molecule has 0 unspecified atom stereocenters. The van der Waals surface area contributed by atoms with Gasteiger partial charge in [0, 0.05) is 12.0 Å². The zero-order valence-corrected chi connectivity index (χ0v) is 14.2. The van der Waals surface area contributed by atoms with Crippen LogP contribution in [-0.4, -0.2) is 15.9 Å². The zero-order valence-electron chi connectivity index (χ0n) is 14.2. The molecule has 0 aliphatic carbocycles. The molecule has 130 valence electrons. The van der Waals surface area contributed by atoms with E-state index in [2.05, 4.69) is 21.4 Å². The molecule has 4 aromatic rings. The van der Waals surface area contributed by atoms with E-state index in [-0.39, 0.29) is 5.91 Å². The Labute approximate surface area is 151 Å². The lowest BCUT2D eigenvalue weighted by atomic mass is 10.1. The van der Waals surface area contributed by atoms with Crippen LogP contribution in [0.2, 0.25) is 0 Å². The van der Waals surface area contributed by atoms with Gasteiger partial charge in [-0.15, -0.1) is 0 Å². The lowest BCUT2D eigenvalue weighted by Gasteiger charge is -2.04. The summed E-state index contributed by atoms with van der Waals surface area (Å²) >= 11 is 0. The molecule has 2 N–H and O–H groups in total. The Morgan fingerprint density at radius 1 is 1.08 bits per heavy atom. The second-order valence-electron chi connectivity index (χ2n) is 6.16. The molecule has 2 aromatic heterocycles. The second kappa shape index (κ2) is 7.27. The first kappa shape index (κ1) is 16.1. The Balaban J connectivity index is 1.40. The van der Waals surface area contributed by atoms with Crippen LogP contribution in [0.4, 0.5) is 0 Å². The van der Waals surface area contributed by atoms with Gasteiger partial charge in [-0.2, -0.15) is 0 Å². The Morgan fingerprint density at radius 3 is 2.77 bits per heavy atom. The van der Waals surface area contributed by atoms with Gasteiger partial charge in [0.25, 0.3) is 0 Å². The molecule has 0 fully saturated rings.